The largest absolute Gasteiger partial charge is 0.234 e. The predicted molar refractivity (Wildman–Crippen MR) is 69.2 cm³/mol. The molecular formula is C11H9ClN4O3Re-3. The van der Waals surface area contributed by atoms with Crippen LogP contribution in [-0.4, -0.2) is 40.3 Å². The molecule has 9 heteroatoms. The first kappa shape index (κ1) is 23.2. The van der Waals surface area contributed by atoms with Gasteiger partial charge < -0.3 is 14.4 Å². The third kappa shape index (κ3) is 11.2. The summed E-state index contributed by atoms with van der Waals surface area (Å²) in [6, 6.07) is 3.51. The average molecular weight is 467 g/mol. The van der Waals surface area contributed by atoms with Crippen LogP contribution in [0.1, 0.15) is 0 Å². The van der Waals surface area contributed by atoms with E-state index in [-0.39, 0.29) is 0 Å². The van der Waals surface area contributed by atoms with Gasteiger partial charge in [-0.3, -0.25) is 20.4 Å². The van der Waals surface area contributed by atoms with Crippen LogP contribution in [0.4, 0.5) is 0 Å². The third-order valence-corrected chi connectivity index (χ3v) is 1.33. The molecule has 2 rings (SSSR count). The van der Waals surface area contributed by atoms with Gasteiger partial charge in [-0.2, -0.15) is 0 Å². The summed E-state index contributed by atoms with van der Waals surface area (Å²) < 4.78 is 0. The molecule has 0 bridgehead atoms. The van der Waals surface area contributed by atoms with Gasteiger partial charge in [-0.1, -0.05) is 0 Å². The Balaban J connectivity index is -0.000000314. The van der Waals surface area contributed by atoms with Crippen LogP contribution in [-0.2, 0) is 32.6 Å². The molecule has 0 aliphatic carbocycles. The van der Waals surface area contributed by atoms with E-state index < -0.39 is 0 Å². The van der Waals surface area contributed by atoms with Crippen LogP contribution in [0.3, 0.4) is 0 Å². The van der Waals surface area contributed by atoms with Gasteiger partial charge >= 0.3 is 27.7 Å². The second-order valence-electron chi connectivity index (χ2n) is 2.14. The minimum absolute atomic E-state index is 0.554. The van der Waals surface area contributed by atoms with E-state index in [1.54, 1.807) is 36.9 Å². The zero-order chi connectivity index (χ0) is 16.2. The third-order valence-electron chi connectivity index (χ3n) is 1.33. The second kappa shape index (κ2) is 22.3. The van der Waals surface area contributed by atoms with E-state index >= 15 is 0 Å². The summed E-state index contributed by atoms with van der Waals surface area (Å²) in [6.45, 7) is 9.75. The van der Waals surface area contributed by atoms with Crippen molar-refractivity contribution in [2.75, 3.05) is 0 Å². The molecule has 2 aromatic rings. The van der Waals surface area contributed by atoms with Crippen molar-refractivity contribution in [1.29, 1.82) is 0 Å². The molecular weight excluding hydrogens is 458 g/mol. The number of carbonyl (C=O) groups excluding carboxylic acids is 3. The maximum atomic E-state index is 7.75. The SMILES string of the molecule is [CH-]=O.[CH-]=O.[CH-]=O.[Cl][Re].c1cnc(-c2ncccn2)nc1. The smallest absolute Gasteiger partial charge is 0.197 e. The molecule has 0 radical (unpaired) electrons. The Hall–Kier alpha value is -1.88. The molecule has 0 N–H and O–H groups in total. The molecule has 2 aromatic heterocycles. The Morgan fingerprint density at radius 2 is 0.850 bits per heavy atom. The van der Waals surface area contributed by atoms with Crippen LogP contribution >= 0.6 is 9.53 Å². The monoisotopic (exact) mass is 467 g/mol. The van der Waals surface area contributed by atoms with Crippen LogP contribution in [0.5, 0.6) is 0 Å². The first-order valence-corrected chi connectivity index (χ1v) is 7.73. The molecule has 0 spiro atoms. The molecule has 2 heterocycles. The summed E-state index contributed by atoms with van der Waals surface area (Å²) in [4.78, 5) is 39.3. The molecule has 20 heavy (non-hydrogen) atoms. The quantitative estimate of drug-likeness (QED) is 0.452. The fraction of sp³-hybridized carbons (Fsp3) is 0. The van der Waals surface area contributed by atoms with Gasteiger partial charge in [0.1, 0.15) is 0 Å². The Morgan fingerprint density at radius 1 is 0.650 bits per heavy atom. The Kier molecular flexibility index (Phi) is 25.9. The summed E-state index contributed by atoms with van der Waals surface area (Å²) in [6.07, 6.45) is 6.66. The summed E-state index contributed by atoms with van der Waals surface area (Å²) in [5.41, 5.74) is 0. The fourth-order valence-corrected chi connectivity index (χ4v) is 0.829. The molecule has 0 unspecified atom stereocenters. The van der Waals surface area contributed by atoms with Crippen molar-refractivity contribution in [2.45, 2.75) is 0 Å². The van der Waals surface area contributed by atoms with Crippen molar-refractivity contribution in [2.24, 2.45) is 0 Å². The van der Waals surface area contributed by atoms with E-state index in [0.29, 0.717) is 11.6 Å². The fourth-order valence-electron chi connectivity index (χ4n) is 0.829. The van der Waals surface area contributed by atoms with Crippen molar-refractivity contribution < 1.29 is 32.6 Å². The molecule has 0 atom stereocenters. The van der Waals surface area contributed by atoms with Crippen LogP contribution in [0, 0.1) is 0 Å². The summed E-state index contributed by atoms with van der Waals surface area (Å²) in [5.74, 6) is 1.11. The van der Waals surface area contributed by atoms with E-state index in [1.165, 1.54) is 18.2 Å². The zero-order valence-electron chi connectivity index (χ0n) is 9.97. The van der Waals surface area contributed by atoms with Gasteiger partial charge in [-0.15, -0.1) is 0 Å². The van der Waals surface area contributed by atoms with Gasteiger partial charge in [0, 0.05) is 24.8 Å². The Bertz CT molecular complexity index is 369. The predicted octanol–water partition coefficient (Wildman–Crippen LogP) is 0.798. The number of hydrogen-bond acceptors (Lipinski definition) is 7. The standard InChI is InChI=1S/C8H6N4.3CHO.ClH.Re/c1-3-9-7(10-4-1)8-11-5-2-6-12-8;3*1-2;;/h1-6H;3*1H;1H;/q;3*-1;;+1/p-1. The van der Waals surface area contributed by atoms with Crippen molar-refractivity contribution in [1.82, 2.24) is 19.9 Å². The maximum absolute atomic E-state index is 7.75. The van der Waals surface area contributed by atoms with Crippen molar-refractivity contribution in [3.8, 4) is 11.6 Å². The van der Waals surface area contributed by atoms with Gasteiger partial charge in [0.15, 0.2) is 11.6 Å². The number of aromatic nitrogens is 4. The second-order valence-corrected chi connectivity index (χ2v) is 2.14. The molecule has 108 valence electrons. The Morgan fingerprint density at radius 3 is 1.05 bits per heavy atom. The van der Waals surface area contributed by atoms with E-state index in [2.05, 4.69) is 40.3 Å². The molecule has 0 saturated heterocycles. The molecule has 0 amide bonds. The summed E-state index contributed by atoms with van der Waals surface area (Å²) >= 11 is 1.19. The van der Waals surface area contributed by atoms with E-state index in [9.17, 15) is 0 Å². The minimum Gasteiger partial charge on any atom is -0.234 e. The normalized spacial score (nSPS) is 6.70. The van der Waals surface area contributed by atoms with Gasteiger partial charge in [0.05, 0.1) is 0 Å². The number of hydrogen-bond donors (Lipinski definition) is 0. The van der Waals surface area contributed by atoms with Gasteiger partial charge in [0.25, 0.3) is 0 Å². The van der Waals surface area contributed by atoms with Crippen molar-refractivity contribution in [3.05, 3.63) is 36.9 Å². The average Bonchev–Trinajstić information content (AvgIpc) is 2.63. The van der Waals surface area contributed by atoms with Gasteiger partial charge in [0.2, 0.25) is 0 Å². The Labute approximate surface area is 131 Å². The van der Waals surface area contributed by atoms with Crippen LogP contribution < -0.4 is 0 Å². The number of nitrogens with zero attached hydrogens (tertiary/aromatic N) is 4. The van der Waals surface area contributed by atoms with Crippen LogP contribution in [0.2, 0.25) is 0 Å². The molecule has 0 fully saturated rings. The first-order valence-electron chi connectivity index (χ1n) is 4.36. The van der Waals surface area contributed by atoms with Crippen LogP contribution in [0.25, 0.3) is 11.6 Å². The van der Waals surface area contributed by atoms with Crippen molar-refractivity contribution >= 4 is 29.9 Å². The summed E-state index contributed by atoms with van der Waals surface area (Å²) in [5, 5.41) is 0. The van der Waals surface area contributed by atoms with E-state index in [1.807, 2.05) is 0 Å². The number of halogens is 1. The molecule has 0 saturated carbocycles. The minimum atomic E-state index is 0.554. The molecule has 0 aliphatic heterocycles. The maximum Gasteiger partial charge on any atom is 0.197 e. The zero-order valence-corrected chi connectivity index (χ0v) is 13.4. The van der Waals surface area contributed by atoms with E-state index in [4.69, 9.17) is 23.9 Å². The van der Waals surface area contributed by atoms with Gasteiger partial charge in [-0.05, 0) is 12.1 Å². The first-order chi connectivity index (χ1) is 9.97. The van der Waals surface area contributed by atoms with Gasteiger partial charge in [-0.25, -0.2) is 19.9 Å². The van der Waals surface area contributed by atoms with E-state index in [0.717, 1.165) is 0 Å². The topological polar surface area (TPSA) is 103 Å². The van der Waals surface area contributed by atoms with Crippen molar-refractivity contribution in [3.63, 3.8) is 0 Å². The number of rotatable bonds is 1. The van der Waals surface area contributed by atoms with Crippen LogP contribution in [0.15, 0.2) is 36.9 Å². The molecule has 7 nitrogen and oxygen atoms in total. The molecule has 0 aliphatic rings. The molecule has 0 aromatic carbocycles. The summed E-state index contributed by atoms with van der Waals surface area (Å²) in [7, 11) is 4.69.